The summed E-state index contributed by atoms with van der Waals surface area (Å²) in [5.74, 6) is 0.216. The zero-order valence-electron chi connectivity index (χ0n) is 16.8. The SMILES string of the molecule is CC(C)OC[C@@H](O)Cn1c(N/N=C\c2ccc(Br)cc2)nc2c1c(=O)[nH]c(=O)n2C. The van der Waals surface area contributed by atoms with Crippen molar-refractivity contribution in [3.8, 4) is 0 Å². The van der Waals surface area contributed by atoms with Crippen molar-refractivity contribution in [2.24, 2.45) is 12.1 Å². The van der Waals surface area contributed by atoms with Crippen LogP contribution in [0.2, 0.25) is 0 Å². The van der Waals surface area contributed by atoms with Gasteiger partial charge in [0.2, 0.25) is 5.95 Å². The molecule has 0 amide bonds. The van der Waals surface area contributed by atoms with Gasteiger partial charge in [-0.2, -0.15) is 10.1 Å². The van der Waals surface area contributed by atoms with Crippen LogP contribution in [-0.2, 0) is 18.3 Å². The number of rotatable bonds is 8. The van der Waals surface area contributed by atoms with E-state index in [0.717, 1.165) is 10.0 Å². The number of fused-ring (bicyclic) bond motifs is 1. The van der Waals surface area contributed by atoms with Crippen molar-refractivity contribution in [3.05, 3.63) is 55.1 Å². The Morgan fingerprint density at radius 2 is 2.03 bits per heavy atom. The number of H-pyrrole nitrogens is 1. The molecule has 30 heavy (non-hydrogen) atoms. The quantitative estimate of drug-likeness (QED) is 0.332. The second-order valence-corrected chi connectivity index (χ2v) is 7.91. The first-order chi connectivity index (χ1) is 14.3. The molecule has 1 aromatic carbocycles. The molecule has 11 heteroatoms. The maximum Gasteiger partial charge on any atom is 0.329 e. The Morgan fingerprint density at radius 3 is 2.70 bits per heavy atom. The largest absolute Gasteiger partial charge is 0.389 e. The highest BCUT2D eigenvalue weighted by molar-refractivity contribution is 9.10. The highest BCUT2D eigenvalue weighted by Crippen LogP contribution is 2.16. The molecule has 1 atom stereocenters. The van der Waals surface area contributed by atoms with Gasteiger partial charge in [0.25, 0.3) is 5.56 Å². The summed E-state index contributed by atoms with van der Waals surface area (Å²) < 4.78 is 9.12. The number of hydrogen-bond donors (Lipinski definition) is 3. The number of aromatic nitrogens is 4. The second kappa shape index (κ2) is 9.37. The molecular weight excluding hydrogens is 456 g/mol. The van der Waals surface area contributed by atoms with Gasteiger partial charge in [-0.25, -0.2) is 10.2 Å². The predicted molar refractivity (Wildman–Crippen MR) is 118 cm³/mol. The summed E-state index contributed by atoms with van der Waals surface area (Å²) in [7, 11) is 1.51. The van der Waals surface area contributed by atoms with E-state index in [1.165, 1.54) is 16.2 Å². The van der Waals surface area contributed by atoms with Crippen LogP contribution in [0.25, 0.3) is 11.2 Å². The number of anilines is 1. The molecule has 0 spiro atoms. The Balaban J connectivity index is 1.96. The van der Waals surface area contributed by atoms with Crippen LogP contribution in [0.15, 0.2) is 43.4 Å². The summed E-state index contributed by atoms with van der Waals surface area (Å²) in [4.78, 5) is 31.0. The highest BCUT2D eigenvalue weighted by Gasteiger charge is 2.19. The lowest BCUT2D eigenvalue weighted by atomic mass is 10.2. The Bertz CT molecular complexity index is 1160. The summed E-state index contributed by atoms with van der Waals surface area (Å²) in [6, 6.07) is 7.52. The van der Waals surface area contributed by atoms with Crippen molar-refractivity contribution in [2.45, 2.75) is 32.6 Å². The number of ether oxygens (including phenoxy) is 1. The lowest BCUT2D eigenvalue weighted by Gasteiger charge is -2.15. The molecule has 0 saturated carbocycles. The molecule has 0 fully saturated rings. The number of benzene rings is 1. The maximum atomic E-state index is 12.4. The van der Waals surface area contributed by atoms with E-state index in [1.807, 2.05) is 38.1 Å². The van der Waals surface area contributed by atoms with E-state index < -0.39 is 17.4 Å². The molecule has 2 heterocycles. The number of aliphatic hydroxyl groups excluding tert-OH is 1. The molecule has 160 valence electrons. The van der Waals surface area contributed by atoms with Crippen LogP contribution in [0, 0.1) is 0 Å². The van der Waals surface area contributed by atoms with Crippen LogP contribution >= 0.6 is 15.9 Å². The third-order valence-electron chi connectivity index (χ3n) is 4.27. The van der Waals surface area contributed by atoms with Crippen LogP contribution < -0.4 is 16.7 Å². The number of aromatic amines is 1. The summed E-state index contributed by atoms with van der Waals surface area (Å²) in [6.07, 6.45) is 0.659. The molecule has 0 saturated heterocycles. The number of nitrogens with zero attached hydrogens (tertiary/aromatic N) is 4. The first-order valence-electron chi connectivity index (χ1n) is 9.30. The van der Waals surface area contributed by atoms with Crippen LogP contribution in [-0.4, -0.2) is 49.2 Å². The number of aliphatic hydroxyl groups is 1. The minimum absolute atomic E-state index is 0.0284. The third kappa shape index (κ3) is 5.04. The first kappa shape index (κ1) is 21.9. The van der Waals surface area contributed by atoms with Gasteiger partial charge in [0.15, 0.2) is 11.2 Å². The number of aryl methyl sites for hydroxylation is 1. The first-order valence-corrected chi connectivity index (χ1v) is 10.1. The molecule has 3 rings (SSSR count). The van der Waals surface area contributed by atoms with Crippen molar-refractivity contribution < 1.29 is 9.84 Å². The van der Waals surface area contributed by atoms with Gasteiger partial charge < -0.3 is 14.4 Å². The lowest BCUT2D eigenvalue weighted by Crippen LogP contribution is -2.30. The van der Waals surface area contributed by atoms with Gasteiger partial charge in [0.1, 0.15) is 0 Å². The van der Waals surface area contributed by atoms with Crippen molar-refractivity contribution in [3.63, 3.8) is 0 Å². The van der Waals surface area contributed by atoms with E-state index in [-0.39, 0.29) is 36.4 Å². The molecule has 2 aromatic heterocycles. The molecular formula is C19H23BrN6O4. The minimum atomic E-state index is -0.891. The van der Waals surface area contributed by atoms with Crippen LogP contribution in [0.4, 0.5) is 5.95 Å². The van der Waals surface area contributed by atoms with Crippen LogP contribution in [0.5, 0.6) is 0 Å². The van der Waals surface area contributed by atoms with Crippen molar-refractivity contribution in [1.82, 2.24) is 19.1 Å². The number of imidazole rings is 1. The molecule has 0 radical (unpaired) electrons. The van der Waals surface area contributed by atoms with Crippen LogP contribution in [0.3, 0.4) is 0 Å². The predicted octanol–water partition coefficient (Wildman–Crippen LogP) is 1.42. The smallest absolute Gasteiger partial charge is 0.329 e. The van der Waals surface area contributed by atoms with Crippen molar-refractivity contribution >= 4 is 39.3 Å². The molecule has 10 nitrogen and oxygen atoms in total. The molecule has 0 unspecified atom stereocenters. The van der Waals surface area contributed by atoms with E-state index in [2.05, 4.69) is 36.4 Å². The van der Waals surface area contributed by atoms with Gasteiger partial charge >= 0.3 is 5.69 Å². The molecule has 0 bridgehead atoms. The Morgan fingerprint density at radius 1 is 1.33 bits per heavy atom. The molecule has 0 aliphatic carbocycles. The van der Waals surface area contributed by atoms with E-state index >= 15 is 0 Å². The van der Waals surface area contributed by atoms with E-state index in [0.29, 0.717) is 0 Å². The van der Waals surface area contributed by atoms with Crippen LogP contribution in [0.1, 0.15) is 19.4 Å². The van der Waals surface area contributed by atoms with E-state index in [1.54, 1.807) is 6.21 Å². The lowest BCUT2D eigenvalue weighted by molar-refractivity contribution is -0.000105. The summed E-state index contributed by atoms with van der Waals surface area (Å²) >= 11 is 3.38. The summed E-state index contributed by atoms with van der Waals surface area (Å²) in [5, 5.41) is 14.5. The van der Waals surface area contributed by atoms with Gasteiger partial charge in [-0.15, -0.1) is 0 Å². The zero-order valence-corrected chi connectivity index (χ0v) is 18.4. The Labute approximate surface area is 180 Å². The third-order valence-corrected chi connectivity index (χ3v) is 4.80. The Kier molecular flexibility index (Phi) is 6.85. The van der Waals surface area contributed by atoms with Gasteiger partial charge in [0, 0.05) is 11.5 Å². The number of halogens is 1. The monoisotopic (exact) mass is 478 g/mol. The van der Waals surface area contributed by atoms with Gasteiger partial charge in [-0.3, -0.25) is 14.3 Å². The fourth-order valence-corrected chi connectivity index (χ4v) is 3.04. The average Bonchev–Trinajstić information content (AvgIpc) is 3.05. The Hall–Kier alpha value is -2.76. The number of hydrazone groups is 1. The van der Waals surface area contributed by atoms with Crippen molar-refractivity contribution in [2.75, 3.05) is 12.0 Å². The number of hydrogen-bond acceptors (Lipinski definition) is 7. The van der Waals surface area contributed by atoms with Gasteiger partial charge in [-0.05, 0) is 31.5 Å². The van der Waals surface area contributed by atoms with Crippen molar-refractivity contribution in [1.29, 1.82) is 0 Å². The highest BCUT2D eigenvalue weighted by atomic mass is 79.9. The minimum Gasteiger partial charge on any atom is -0.389 e. The summed E-state index contributed by atoms with van der Waals surface area (Å²) in [6.45, 7) is 3.84. The van der Waals surface area contributed by atoms with E-state index in [9.17, 15) is 14.7 Å². The second-order valence-electron chi connectivity index (χ2n) is 6.99. The number of nitrogens with one attached hydrogen (secondary N) is 2. The van der Waals surface area contributed by atoms with Gasteiger partial charge in [0.05, 0.1) is 31.6 Å². The standard InChI is InChI=1S/C19H23BrN6O4/c1-11(2)30-10-14(27)9-26-15-16(25(3)19(29)23-17(15)28)22-18(26)24-21-8-12-4-6-13(20)7-5-12/h4-8,11,14,27H,9-10H2,1-3H3,(H,22,24)(H,23,28,29)/b21-8-/t14-/m0/s1. The topological polar surface area (TPSA) is 127 Å². The molecule has 3 aromatic rings. The zero-order chi connectivity index (χ0) is 21.8. The normalized spacial score (nSPS) is 12.9. The maximum absolute atomic E-state index is 12.4. The molecule has 3 N–H and O–H groups in total. The fraction of sp³-hybridized carbons (Fsp3) is 0.368. The summed E-state index contributed by atoms with van der Waals surface area (Å²) in [5.41, 5.74) is 2.81. The average molecular weight is 479 g/mol. The van der Waals surface area contributed by atoms with Gasteiger partial charge in [-0.1, -0.05) is 28.1 Å². The molecule has 0 aliphatic rings. The fourth-order valence-electron chi connectivity index (χ4n) is 2.78. The van der Waals surface area contributed by atoms with E-state index in [4.69, 9.17) is 4.74 Å². The molecule has 0 aliphatic heterocycles.